The van der Waals surface area contributed by atoms with Crippen LogP contribution in [0.4, 0.5) is 0 Å². The third kappa shape index (κ3) is 5.61. The lowest BCUT2D eigenvalue weighted by Gasteiger charge is -2.22. The first-order valence-electron chi connectivity index (χ1n) is 8.70. The van der Waals surface area contributed by atoms with Gasteiger partial charge in [0, 0.05) is 18.1 Å². The number of hydrogen-bond acceptors (Lipinski definition) is 5. The first kappa shape index (κ1) is 19.5. The van der Waals surface area contributed by atoms with Crippen LogP contribution in [-0.2, 0) is 11.3 Å². The van der Waals surface area contributed by atoms with E-state index in [2.05, 4.69) is 15.9 Å². The number of fused-ring (bicyclic) bond motifs is 1. The van der Waals surface area contributed by atoms with Gasteiger partial charge in [0.25, 0.3) is 0 Å². The molecule has 7 heteroatoms. The summed E-state index contributed by atoms with van der Waals surface area (Å²) in [6.45, 7) is 2.25. The summed E-state index contributed by atoms with van der Waals surface area (Å²) in [5.74, 6) is 2.37. The Morgan fingerprint density at radius 2 is 1.85 bits per heavy atom. The lowest BCUT2D eigenvalue weighted by atomic mass is 10.2. The molecule has 144 valence electrons. The standard InChI is InChI=1S/C20H23BrN2O4/c1-22(12-15-3-8-18-19(11-15)27-14-26-18)13-20(24)23(2)9-10-25-17-6-4-16(21)5-7-17/h3-8,11H,9-10,12-14H2,1-2H3. The van der Waals surface area contributed by atoms with Crippen molar-refractivity contribution < 1.29 is 19.0 Å². The molecule has 0 unspecified atom stereocenters. The van der Waals surface area contributed by atoms with Gasteiger partial charge in [-0.1, -0.05) is 22.0 Å². The van der Waals surface area contributed by atoms with Crippen LogP contribution in [0.5, 0.6) is 17.2 Å². The quantitative estimate of drug-likeness (QED) is 0.638. The Bertz CT molecular complexity index is 782. The molecule has 0 aliphatic carbocycles. The van der Waals surface area contributed by atoms with E-state index in [0.29, 0.717) is 26.2 Å². The average Bonchev–Trinajstić information content (AvgIpc) is 3.11. The number of carbonyl (C=O) groups is 1. The maximum absolute atomic E-state index is 12.4. The Balaban J connectivity index is 1.41. The van der Waals surface area contributed by atoms with Crippen LogP contribution in [0.3, 0.4) is 0 Å². The van der Waals surface area contributed by atoms with Gasteiger partial charge in [-0.2, -0.15) is 0 Å². The molecular formula is C20H23BrN2O4. The van der Waals surface area contributed by atoms with E-state index in [1.54, 1.807) is 11.9 Å². The largest absolute Gasteiger partial charge is 0.492 e. The van der Waals surface area contributed by atoms with Gasteiger partial charge in [-0.15, -0.1) is 0 Å². The lowest BCUT2D eigenvalue weighted by molar-refractivity contribution is -0.131. The van der Waals surface area contributed by atoms with Crippen molar-refractivity contribution in [2.45, 2.75) is 6.54 Å². The molecule has 0 spiro atoms. The Hall–Kier alpha value is -2.25. The molecule has 1 aliphatic rings. The van der Waals surface area contributed by atoms with Crippen LogP contribution >= 0.6 is 15.9 Å². The van der Waals surface area contributed by atoms with Crippen LogP contribution < -0.4 is 14.2 Å². The fraction of sp³-hybridized carbons (Fsp3) is 0.350. The summed E-state index contributed by atoms with van der Waals surface area (Å²) in [6.07, 6.45) is 0. The highest BCUT2D eigenvalue weighted by Crippen LogP contribution is 2.32. The molecule has 0 saturated carbocycles. The maximum atomic E-state index is 12.4. The van der Waals surface area contributed by atoms with Gasteiger partial charge in [0.05, 0.1) is 13.1 Å². The number of carbonyl (C=O) groups excluding carboxylic acids is 1. The fourth-order valence-electron chi connectivity index (χ4n) is 2.71. The molecule has 0 bridgehead atoms. The maximum Gasteiger partial charge on any atom is 0.236 e. The third-order valence-corrected chi connectivity index (χ3v) is 4.76. The molecule has 0 saturated heterocycles. The zero-order chi connectivity index (χ0) is 19.2. The van der Waals surface area contributed by atoms with Crippen LogP contribution in [0, 0.1) is 0 Å². The van der Waals surface area contributed by atoms with E-state index in [1.807, 2.05) is 54.4 Å². The van der Waals surface area contributed by atoms with Crippen LogP contribution in [0.15, 0.2) is 46.9 Å². The van der Waals surface area contributed by atoms with Gasteiger partial charge in [-0.3, -0.25) is 9.69 Å². The van der Waals surface area contributed by atoms with Crippen molar-refractivity contribution in [3.8, 4) is 17.2 Å². The van der Waals surface area contributed by atoms with E-state index in [0.717, 1.165) is 27.3 Å². The molecule has 3 rings (SSSR count). The van der Waals surface area contributed by atoms with Crippen LogP contribution in [0.2, 0.25) is 0 Å². The fourth-order valence-corrected chi connectivity index (χ4v) is 2.98. The number of likely N-dealkylation sites (N-methyl/N-ethyl adjacent to an activating group) is 2. The Labute approximate surface area is 167 Å². The van der Waals surface area contributed by atoms with Crippen LogP contribution in [0.1, 0.15) is 5.56 Å². The van der Waals surface area contributed by atoms with E-state index in [-0.39, 0.29) is 12.7 Å². The van der Waals surface area contributed by atoms with E-state index in [4.69, 9.17) is 14.2 Å². The predicted molar refractivity (Wildman–Crippen MR) is 106 cm³/mol. The van der Waals surface area contributed by atoms with Crippen LogP contribution in [-0.4, -0.2) is 56.3 Å². The molecule has 0 fully saturated rings. The smallest absolute Gasteiger partial charge is 0.236 e. The molecule has 0 aromatic heterocycles. The van der Waals surface area contributed by atoms with Gasteiger partial charge in [0.1, 0.15) is 12.4 Å². The van der Waals surface area contributed by atoms with Crippen LogP contribution in [0.25, 0.3) is 0 Å². The molecule has 6 nitrogen and oxygen atoms in total. The van der Waals surface area contributed by atoms with Gasteiger partial charge in [0.2, 0.25) is 12.7 Å². The highest BCUT2D eigenvalue weighted by atomic mass is 79.9. The summed E-state index contributed by atoms with van der Waals surface area (Å²) in [4.78, 5) is 16.1. The summed E-state index contributed by atoms with van der Waals surface area (Å²) in [5.41, 5.74) is 1.08. The minimum Gasteiger partial charge on any atom is -0.492 e. The van der Waals surface area contributed by atoms with E-state index in [9.17, 15) is 4.79 Å². The molecule has 1 amide bonds. The molecule has 1 aliphatic heterocycles. The normalized spacial score (nSPS) is 12.3. The van der Waals surface area contributed by atoms with Crippen molar-refractivity contribution in [3.63, 3.8) is 0 Å². The molecule has 0 radical (unpaired) electrons. The topological polar surface area (TPSA) is 51.2 Å². The van der Waals surface area contributed by atoms with Crippen molar-refractivity contribution in [1.82, 2.24) is 9.80 Å². The van der Waals surface area contributed by atoms with Gasteiger partial charge in [0.15, 0.2) is 11.5 Å². The molecule has 2 aromatic rings. The average molecular weight is 435 g/mol. The van der Waals surface area contributed by atoms with Crippen molar-refractivity contribution in [3.05, 3.63) is 52.5 Å². The number of nitrogens with zero attached hydrogens (tertiary/aromatic N) is 2. The van der Waals surface area contributed by atoms with E-state index < -0.39 is 0 Å². The number of amides is 1. The predicted octanol–water partition coefficient (Wildman–Crippen LogP) is 3.15. The first-order chi connectivity index (χ1) is 13.0. The molecule has 0 atom stereocenters. The van der Waals surface area contributed by atoms with Gasteiger partial charge in [-0.25, -0.2) is 0 Å². The van der Waals surface area contributed by atoms with Crippen molar-refractivity contribution in [2.24, 2.45) is 0 Å². The summed E-state index contributed by atoms with van der Waals surface area (Å²) >= 11 is 3.39. The number of benzene rings is 2. The van der Waals surface area contributed by atoms with E-state index >= 15 is 0 Å². The van der Waals surface area contributed by atoms with Crippen molar-refractivity contribution in [2.75, 3.05) is 40.6 Å². The third-order valence-electron chi connectivity index (χ3n) is 4.23. The number of ether oxygens (including phenoxy) is 3. The molecule has 2 aromatic carbocycles. The zero-order valence-electron chi connectivity index (χ0n) is 15.5. The SMILES string of the molecule is CN(CC(=O)N(C)CCOc1ccc(Br)cc1)Cc1ccc2c(c1)OCO2. The second kappa shape index (κ2) is 9.10. The molecular weight excluding hydrogens is 412 g/mol. The summed E-state index contributed by atoms with van der Waals surface area (Å²) in [6, 6.07) is 13.5. The minimum atomic E-state index is 0.0534. The summed E-state index contributed by atoms with van der Waals surface area (Å²) in [5, 5.41) is 0. The summed E-state index contributed by atoms with van der Waals surface area (Å²) < 4.78 is 17.4. The van der Waals surface area contributed by atoms with Gasteiger partial charge >= 0.3 is 0 Å². The van der Waals surface area contributed by atoms with E-state index in [1.165, 1.54) is 0 Å². The Morgan fingerprint density at radius 3 is 2.63 bits per heavy atom. The highest BCUT2D eigenvalue weighted by molar-refractivity contribution is 9.10. The minimum absolute atomic E-state index is 0.0534. The second-order valence-corrected chi connectivity index (χ2v) is 7.39. The Morgan fingerprint density at radius 1 is 1.11 bits per heavy atom. The monoisotopic (exact) mass is 434 g/mol. The number of hydrogen-bond donors (Lipinski definition) is 0. The lowest BCUT2D eigenvalue weighted by Crippen LogP contribution is -2.38. The molecule has 0 N–H and O–H groups in total. The molecule has 27 heavy (non-hydrogen) atoms. The van der Waals surface area contributed by atoms with Gasteiger partial charge in [-0.05, 0) is 49.0 Å². The highest BCUT2D eigenvalue weighted by Gasteiger charge is 2.16. The summed E-state index contributed by atoms with van der Waals surface area (Å²) in [7, 11) is 3.72. The number of halogens is 1. The van der Waals surface area contributed by atoms with Crippen molar-refractivity contribution >= 4 is 21.8 Å². The van der Waals surface area contributed by atoms with Gasteiger partial charge < -0.3 is 19.1 Å². The first-order valence-corrected chi connectivity index (χ1v) is 9.50. The molecule has 1 heterocycles. The number of rotatable bonds is 8. The van der Waals surface area contributed by atoms with Crippen molar-refractivity contribution in [1.29, 1.82) is 0 Å². The zero-order valence-corrected chi connectivity index (χ0v) is 17.1. The Kier molecular flexibility index (Phi) is 6.58. The second-order valence-electron chi connectivity index (χ2n) is 6.48.